The highest BCUT2D eigenvalue weighted by atomic mass is 19.1. The van der Waals surface area contributed by atoms with Gasteiger partial charge in [0.25, 0.3) is 0 Å². The van der Waals surface area contributed by atoms with E-state index in [2.05, 4.69) is 5.32 Å². The van der Waals surface area contributed by atoms with E-state index in [-0.39, 0.29) is 17.9 Å². The van der Waals surface area contributed by atoms with Gasteiger partial charge in [-0.1, -0.05) is 6.07 Å². The lowest BCUT2D eigenvalue weighted by Crippen LogP contribution is -2.01. The van der Waals surface area contributed by atoms with E-state index in [9.17, 15) is 9.18 Å². The molecular formula is C14H14FNO3. The Labute approximate surface area is 109 Å². The van der Waals surface area contributed by atoms with Crippen LogP contribution in [0.1, 0.15) is 27.4 Å². The summed E-state index contributed by atoms with van der Waals surface area (Å²) >= 11 is 0. The molecule has 2 N–H and O–H groups in total. The second kappa shape index (κ2) is 5.14. The van der Waals surface area contributed by atoms with Gasteiger partial charge in [-0.25, -0.2) is 9.18 Å². The molecule has 100 valence electrons. The number of halogens is 1. The molecule has 1 aromatic carbocycles. The fourth-order valence-electron chi connectivity index (χ4n) is 1.80. The van der Waals surface area contributed by atoms with Gasteiger partial charge in [0.2, 0.25) is 0 Å². The second-order valence-electron chi connectivity index (χ2n) is 4.32. The van der Waals surface area contributed by atoms with Crippen LogP contribution >= 0.6 is 0 Å². The summed E-state index contributed by atoms with van der Waals surface area (Å²) in [5, 5.41) is 11.8. The molecule has 0 saturated heterocycles. The zero-order valence-corrected chi connectivity index (χ0v) is 10.7. The van der Waals surface area contributed by atoms with Crippen LogP contribution in [-0.4, -0.2) is 11.1 Å². The summed E-state index contributed by atoms with van der Waals surface area (Å²) in [6.07, 6.45) is 0. The van der Waals surface area contributed by atoms with Gasteiger partial charge in [-0.05, 0) is 37.6 Å². The van der Waals surface area contributed by atoms with Gasteiger partial charge < -0.3 is 14.8 Å². The molecule has 0 radical (unpaired) electrons. The van der Waals surface area contributed by atoms with Crippen LogP contribution in [0.3, 0.4) is 0 Å². The predicted molar refractivity (Wildman–Crippen MR) is 68.9 cm³/mol. The Morgan fingerprint density at radius 3 is 2.74 bits per heavy atom. The van der Waals surface area contributed by atoms with Gasteiger partial charge >= 0.3 is 5.97 Å². The van der Waals surface area contributed by atoms with Gasteiger partial charge in [0.05, 0.1) is 12.2 Å². The van der Waals surface area contributed by atoms with Crippen molar-refractivity contribution in [1.29, 1.82) is 0 Å². The number of hydrogen-bond acceptors (Lipinski definition) is 3. The van der Waals surface area contributed by atoms with Crippen molar-refractivity contribution in [3.05, 3.63) is 52.7 Å². The van der Waals surface area contributed by atoms with Crippen molar-refractivity contribution in [2.75, 3.05) is 5.32 Å². The number of carboxylic acid groups (broad SMARTS) is 1. The minimum Gasteiger partial charge on any atom is -0.478 e. The van der Waals surface area contributed by atoms with Crippen LogP contribution in [0.2, 0.25) is 0 Å². The minimum absolute atomic E-state index is 0.126. The molecule has 5 heteroatoms. The highest BCUT2D eigenvalue weighted by Crippen LogP contribution is 2.19. The maximum absolute atomic E-state index is 13.5. The molecule has 0 aliphatic heterocycles. The lowest BCUT2D eigenvalue weighted by atomic mass is 10.2. The fraction of sp³-hybridized carbons (Fsp3) is 0.214. The maximum atomic E-state index is 13.5. The number of rotatable bonds is 4. The van der Waals surface area contributed by atoms with Gasteiger partial charge in [-0.15, -0.1) is 0 Å². The van der Waals surface area contributed by atoms with Gasteiger partial charge in [0.1, 0.15) is 22.9 Å². The molecule has 0 spiro atoms. The Morgan fingerprint density at radius 1 is 1.37 bits per heavy atom. The molecule has 0 aliphatic carbocycles. The molecule has 19 heavy (non-hydrogen) atoms. The number of carboxylic acids is 1. The minimum atomic E-state index is -1.03. The average Bonchev–Trinajstić information content (AvgIpc) is 2.72. The van der Waals surface area contributed by atoms with Crippen molar-refractivity contribution in [3.8, 4) is 0 Å². The largest absolute Gasteiger partial charge is 0.478 e. The average molecular weight is 263 g/mol. The van der Waals surface area contributed by atoms with E-state index in [0.29, 0.717) is 17.2 Å². The van der Waals surface area contributed by atoms with Crippen LogP contribution in [0.15, 0.2) is 28.7 Å². The smallest absolute Gasteiger partial charge is 0.339 e. The summed E-state index contributed by atoms with van der Waals surface area (Å²) in [6.45, 7) is 3.68. The van der Waals surface area contributed by atoms with Crippen molar-refractivity contribution in [1.82, 2.24) is 0 Å². The van der Waals surface area contributed by atoms with Crippen molar-refractivity contribution in [2.45, 2.75) is 20.4 Å². The van der Waals surface area contributed by atoms with E-state index < -0.39 is 5.97 Å². The summed E-state index contributed by atoms with van der Waals surface area (Å²) in [6, 6.07) is 6.19. The van der Waals surface area contributed by atoms with E-state index in [1.54, 1.807) is 19.1 Å². The number of furan rings is 1. The molecule has 0 atom stereocenters. The number of carbonyl (C=O) groups is 1. The van der Waals surface area contributed by atoms with Crippen LogP contribution in [0, 0.1) is 19.7 Å². The molecule has 0 fully saturated rings. The number of nitrogens with one attached hydrogen (secondary N) is 1. The van der Waals surface area contributed by atoms with Gasteiger partial charge in [0, 0.05) is 0 Å². The van der Waals surface area contributed by atoms with E-state index in [1.807, 2.05) is 6.92 Å². The molecule has 2 aromatic rings. The van der Waals surface area contributed by atoms with Crippen LogP contribution in [-0.2, 0) is 6.54 Å². The number of aryl methyl sites for hydroxylation is 2. The van der Waals surface area contributed by atoms with E-state index in [0.717, 1.165) is 5.56 Å². The second-order valence-corrected chi connectivity index (χ2v) is 4.32. The summed E-state index contributed by atoms with van der Waals surface area (Å²) in [5.74, 6) is -0.591. The molecule has 1 aromatic heterocycles. The Morgan fingerprint density at radius 2 is 2.11 bits per heavy atom. The van der Waals surface area contributed by atoms with Gasteiger partial charge in [-0.3, -0.25) is 0 Å². The summed E-state index contributed by atoms with van der Waals surface area (Å²) in [5.41, 5.74) is 1.43. The van der Waals surface area contributed by atoms with Crippen LogP contribution in [0.25, 0.3) is 0 Å². The third kappa shape index (κ3) is 2.93. The first-order valence-electron chi connectivity index (χ1n) is 5.80. The lowest BCUT2D eigenvalue weighted by molar-refractivity contribution is 0.0695. The summed E-state index contributed by atoms with van der Waals surface area (Å²) < 4.78 is 18.8. The Hall–Kier alpha value is -2.30. The third-order valence-electron chi connectivity index (χ3n) is 2.77. The number of aromatic carboxylic acids is 1. The zero-order valence-electron chi connectivity index (χ0n) is 10.7. The quantitative estimate of drug-likeness (QED) is 0.888. The van der Waals surface area contributed by atoms with E-state index >= 15 is 0 Å². The normalized spacial score (nSPS) is 10.5. The lowest BCUT2D eigenvalue weighted by Gasteiger charge is -2.06. The maximum Gasteiger partial charge on any atom is 0.339 e. The van der Waals surface area contributed by atoms with Crippen LogP contribution in [0.5, 0.6) is 0 Å². The first-order valence-corrected chi connectivity index (χ1v) is 5.80. The Balaban J connectivity index is 2.12. The molecule has 0 unspecified atom stereocenters. The summed E-state index contributed by atoms with van der Waals surface area (Å²) in [4.78, 5) is 10.9. The topological polar surface area (TPSA) is 62.5 Å². The highest BCUT2D eigenvalue weighted by Gasteiger charge is 2.13. The zero-order chi connectivity index (χ0) is 14.0. The van der Waals surface area contributed by atoms with Crippen LogP contribution in [0.4, 0.5) is 10.1 Å². The molecule has 0 saturated carbocycles. The standard InChI is InChI=1S/C14H14FNO3/c1-8-3-4-12(15)13(5-8)16-7-10-6-11(14(17)18)9(2)19-10/h3-6,16H,7H2,1-2H3,(H,17,18). The third-order valence-corrected chi connectivity index (χ3v) is 2.77. The number of hydrogen-bond donors (Lipinski definition) is 2. The van der Waals surface area contributed by atoms with Gasteiger partial charge in [0.15, 0.2) is 0 Å². The SMILES string of the molecule is Cc1ccc(F)c(NCc2cc(C(=O)O)c(C)o2)c1. The van der Waals surface area contributed by atoms with Crippen molar-refractivity contribution >= 4 is 11.7 Å². The monoisotopic (exact) mass is 263 g/mol. The molecule has 4 nitrogen and oxygen atoms in total. The number of anilines is 1. The molecule has 0 aliphatic rings. The number of benzene rings is 1. The molecule has 1 heterocycles. The summed E-state index contributed by atoms with van der Waals surface area (Å²) in [7, 11) is 0. The fourth-order valence-corrected chi connectivity index (χ4v) is 1.80. The molecular weight excluding hydrogens is 249 g/mol. The Kier molecular flexibility index (Phi) is 3.55. The van der Waals surface area contributed by atoms with Crippen molar-refractivity contribution in [3.63, 3.8) is 0 Å². The predicted octanol–water partition coefficient (Wildman–Crippen LogP) is 3.35. The van der Waals surface area contributed by atoms with E-state index in [1.165, 1.54) is 12.1 Å². The molecule has 0 amide bonds. The highest BCUT2D eigenvalue weighted by molar-refractivity contribution is 5.88. The first-order chi connectivity index (χ1) is 8.97. The van der Waals surface area contributed by atoms with Crippen molar-refractivity contribution < 1.29 is 18.7 Å². The Bertz CT molecular complexity index is 619. The van der Waals surface area contributed by atoms with E-state index in [4.69, 9.17) is 9.52 Å². The first kappa shape index (κ1) is 13.1. The molecule has 0 bridgehead atoms. The van der Waals surface area contributed by atoms with Crippen molar-refractivity contribution in [2.24, 2.45) is 0 Å². The van der Waals surface area contributed by atoms with Gasteiger partial charge in [-0.2, -0.15) is 0 Å². The molecule has 2 rings (SSSR count). The van der Waals surface area contributed by atoms with Crippen LogP contribution < -0.4 is 5.32 Å².